The summed E-state index contributed by atoms with van der Waals surface area (Å²) in [5.74, 6) is 0.632. The van der Waals surface area contributed by atoms with E-state index in [1.165, 1.54) is 15.9 Å². The second kappa shape index (κ2) is 6.37. The van der Waals surface area contributed by atoms with E-state index in [0.29, 0.717) is 16.0 Å². The highest BCUT2D eigenvalue weighted by atomic mass is 32.1. The molecule has 27 heavy (non-hydrogen) atoms. The number of benzene rings is 3. The minimum atomic E-state index is -0.127. The number of ether oxygens (including phenoxy) is 1. The Balaban J connectivity index is 1.84. The lowest BCUT2D eigenvalue weighted by atomic mass is 10.2. The first-order valence-electron chi connectivity index (χ1n) is 8.54. The molecule has 0 aliphatic carbocycles. The average molecular weight is 370 g/mol. The Hall–Kier alpha value is -3.44. The minimum Gasteiger partial charge on any atom is -0.425 e. The topological polar surface area (TPSA) is 44.1 Å². The fourth-order valence-electron chi connectivity index (χ4n) is 3.09. The normalized spacial score (nSPS) is 11.1. The number of para-hydroxylation sites is 2. The zero-order chi connectivity index (χ0) is 18.2. The summed E-state index contributed by atoms with van der Waals surface area (Å²) in [5, 5.41) is 0.965. The van der Waals surface area contributed by atoms with Gasteiger partial charge in [-0.3, -0.25) is 4.79 Å². The second-order valence-corrected chi connectivity index (χ2v) is 7.11. The lowest BCUT2D eigenvalue weighted by Crippen LogP contribution is -2.20. The molecule has 5 rings (SSSR count). The smallest absolute Gasteiger partial charge is 0.310 e. The van der Waals surface area contributed by atoms with Gasteiger partial charge in [0.1, 0.15) is 16.0 Å². The molecule has 5 heteroatoms. The molecule has 0 N–H and O–H groups in total. The number of thiophene rings is 1. The monoisotopic (exact) mass is 370 g/mol. The fourth-order valence-corrected chi connectivity index (χ4v) is 4.16. The Bertz CT molecular complexity index is 1310. The van der Waals surface area contributed by atoms with Gasteiger partial charge in [0.05, 0.1) is 5.69 Å². The Morgan fingerprint density at radius 3 is 2.26 bits per heavy atom. The van der Waals surface area contributed by atoms with E-state index in [1.807, 2.05) is 84.9 Å². The van der Waals surface area contributed by atoms with Gasteiger partial charge in [-0.25, -0.2) is 4.57 Å². The quantitative estimate of drug-likeness (QED) is 0.427. The highest BCUT2D eigenvalue weighted by Gasteiger charge is 2.18. The van der Waals surface area contributed by atoms with Crippen molar-refractivity contribution >= 4 is 31.6 Å². The zero-order valence-corrected chi connectivity index (χ0v) is 15.0. The van der Waals surface area contributed by atoms with Crippen LogP contribution in [0.15, 0.2) is 89.7 Å². The van der Waals surface area contributed by atoms with E-state index >= 15 is 0 Å². The van der Waals surface area contributed by atoms with Gasteiger partial charge < -0.3 is 4.74 Å². The first kappa shape index (κ1) is 15.8. The van der Waals surface area contributed by atoms with Crippen molar-refractivity contribution in [3.63, 3.8) is 0 Å². The summed E-state index contributed by atoms with van der Waals surface area (Å²) in [6, 6.07) is 27.0. The highest BCUT2D eigenvalue weighted by molar-refractivity contribution is 7.25. The summed E-state index contributed by atoms with van der Waals surface area (Å²) in [6.07, 6.45) is 0. The van der Waals surface area contributed by atoms with Crippen molar-refractivity contribution in [1.82, 2.24) is 9.55 Å². The summed E-state index contributed by atoms with van der Waals surface area (Å²) in [5.41, 5.74) is 1.28. The van der Waals surface area contributed by atoms with Crippen LogP contribution in [0.2, 0.25) is 0 Å². The van der Waals surface area contributed by atoms with Gasteiger partial charge in [-0.2, -0.15) is 4.98 Å². The minimum absolute atomic E-state index is 0.127. The van der Waals surface area contributed by atoms with Gasteiger partial charge in [0.25, 0.3) is 5.56 Å². The third kappa shape index (κ3) is 2.69. The molecule has 0 saturated heterocycles. The number of rotatable bonds is 3. The molecule has 5 aromatic rings. The molecular formula is C22H14N2O2S. The molecule has 0 atom stereocenters. The van der Waals surface area contributed by atoms with Crippen LogP contribution >= 0.6 is 11.3 Å². The number of fused-ring (bicyclic) bond motifs is 3. The zero-order valence-electron chi connectivity index (χ0n) is 14.2. The summed E-state index contributed by atoms with van der Waals surface area (Å²) in [6.45, 7) is 0. The van der Waals surface area contributed by atoms with Crippen LogP contribution in [0.5, 0.6) is 11.8 Å². The molecule has 0 unspecified atom stereocenters. The van der Waals surface area contributed by atoms with Gasteiger partial charge in [-0.05, 0) is 30.3 Å². The SMILES string of the molecule is O=c1c2sc3ccccc3c2nc(Oc2ccccc2)n1-c1ccccc1. The Labute approximate surface area is 158 Å². The first-order chi connectivity index (χ1) is 13.3. The molecule has 2 heterocycles. The molecule has 0 spiro atoms. The first-order valence-corrected chi connectivity index (χ1v) is 9.35. The molecule has 3 aromatic carbocycles. The summed E-state index contributed by atoms with van der Waals surface area (Å²) in [4.78, 5) is 18.1. The molecule has 130 valence electrons. The van der Waals surface area contributed by atoms with Gasteiger partial charge in [0, 0.05) is 10.1 Å². The maximum absolute atomic E-state index is 13.4. The van der Waals surface area contributed by atoms with Crippen LogP contribution in [0.25, 0.3) is 26.0 Å². The van der Waals surface area contributed by atoms with Crippen LogP contribution in [0.1, 0.15) is 0 Å². The lowest BCUT2D eigenvalue weighted by Gasteiger charge is -2.12. The van der Waals surface area contributed by atoms with Gasteiger partial charge in [-0.15, -0.1) is 11.3 Å². The van der Waals surface area contributed by atoms with Crippen molar-refractivity contribution in [2.45, 2.75) is 0 Å². The maximum atomic E-state index is 13.4. The van der Waals surface area contributed by atoms with Crippen molar-refractivity contribution in [3.8, 4) is 17.4 Å². The Kier molecular flexibility index (Phi) is 3.73. The van der Waals surface area contributed by atoms with Crippen molar-refractivity contribution in [3.05, 3.63) is 95.3 Å². The van der Waals surface area contributed by atoms with Gasteiger partial charge in [0.15, 0.2) is 0 Å². The molecule has 0 bridgehead atoms. The molecule has 0 radical (unpaired) electrons. The van der Waals surface area contributed by atoms with Crippen LogP contribution in [0.3, 0.4) is 0 Å². The van der Waals surface area contributed by atoms with Crippen LogP contribution in [-0.4, -0.2) is 9.55 Å². The van der Waals surface area contributed by atoms with Crippen LogP contribution < -0.4 is 10.3 Å². The molecule has 4 nitrogen and oxygen atoms in total. The molecule has 0 saturated carbocycles. The summed E-state index contributed by atoms with van der Waals surface area (Å²) >= 11 is 1.46. The largest absolute Gasteiger partial charge is 0.425 e. The van der Waals surface area contributed by atoms with Crippen LogP contribution in [0.4, 0.5) is 0 Å². The number of nitrogens with zero attached hydrogens (tertiary/aromatic N) is 2. The summed E-state index contributed by atoms with van der Waals surface area (Å²) in [7, 11) is 0. The lowest BCUT2D eigenvalue weighted by molar-refractivity contribution is 0.427. The fraction of sp³-hybridized carbons (Fsp3) is 0. The van der Waals surface area contributed by atoms with Crippen molar-refractivity contribution < 1.29 is 4.74 Å². The Morgan fingerprint density at radius 2 is 1.48 bits per heavy atom. The van der Waals surface area contributed by atoms with Gasteiger partial charge >= 0.3 is 6.01 Å². The third-order valence-electron chi connectivity index (χ3n) is 4.33. The number of hydrogen-bond donors (Lipinski definition) is 0. The van der Waals surface area contributed by atoms with E-state index in [2.05, 4.69) is 0 Å². The number of hydrogen-bond acceptors (Lipinski definition) is 4. The van der Waals surface area contributed by atoms with E-state index in [-0.39, 0.29) is 11.6 Å². The van der Waals surface area contributed by atoms with Crippen LogP contribution in [-0.2, 0) is 0 Å². The standard InChI is InChI=1S/C22H14N2O2S/c25-21-20-19(17-13-7-8-14-18(17)27-20)23-22(26-16-11-5-2-6-12-16)24(21)15-9-3-1-4-10-15/h1-14H. The molecule has 0 amide bonds. The predicted octanol–water partition coefficient (Wildman–Crippen LogP) is 5.39. The van der Waals surface area contributed by atoms with Crippen molar-refractivity contribution in [1.29, 1.82) is 0 Å². The molecule has 0 aliphatic heterocycles. The van der Waals surface area contributed by atoms with E-state index in [4.69, 9.17) is 9.72 Å². The second-order valence-electron chi connectivity index (χ2n) is 6.06. The molecule has 0 aliphatic rings. The summed E-state index contributed by atoms with van der Waals surface area (Å²) < 4.78 is 9.22. The van der Waals surface area contributed by atoms with E-state index in [0.717, 1.165) is 15.8 Å². The third-order valence-corrected chi connectivity index (χ3v) is 5.48. The average Bonchev–Trinajstić information content (AvgIpc) is 3.09. The number of aromatic nitrogens is 2. The van der Waals surface area contributed by atoms with Crippen LogP contribution in [0, 0.1) is 0 Å². The maximum Gasteiger partial charge on any atom is 0.310 e. The molecular weight excluding hydrogens is 356 g/mol. The van der Waals surface area contributed by atoms with E-state index in [9.17, 15) is 4.79 Å². The van der Waals surface area contributed by atoms with Crippen molar-refractivity contribution in [2.24, 2.45) is 0 Å². The van der Waals surface area contributed by atoms with Crippen molar-refractivity contribution in [2.75, 3.05) is 0 Å². The Morgan fingerprint density at radius 1 is 0.815 bits per heavy atom. The highest BCUT2D eigenvalue weighted by Crippen LogP contribution is 2.33. The van der Waals surface area contributed by atoms with E-state index in [1.54, 1.807) is 0 Å². The molecule has 2 aromatic heterocycles. The van der Waals surface area contributed by atoms with Gasteiger partial charge in [0.2, 0.25) is 0 Å². The molecule has 0 fully saturated rings. The van der Waals surface area contributed by atoms with E-state index < -0.39 is 0 Å². The predicted molar refractivity (Wildman–Crippen MR) is 109 cm³/mol. The van der Waals surface area contributed by atoms with Gasteiger partial charge in [-0.1, -0.05) is 54.6 Å².